The summed E-state index contributed by atoms with van der Waals surface area (Å²) < 4.78 is 0. The van der Waals surface area contributed by atoms with Crippen LogP contribution in [-0.4, -0.2) is 19.5 Å². The number of rotatable bonds is 3. The molecule has 0 bridgehead atoms. The van der Waals surface area contributed by atoms with E-state index in [0.29, 0.717) is 0 Å². The Morgan fingerprint density at radius 1 is 1.37 bits per heavy atom. The number of carbonyl (C=O) groups is 1. The van der Waals surface area contributed by atoms with Crippen LogP contribution < -0.4 is 16.0 Å². The van der Waals surface area contributed by atoms with Crippen LogP contribution in [0.2, 0.25) is 0 Å². The molecule has 4 nitrogen and oxygen atoms in total. The number of nitrogens with zero attached hydrogens (tertiary/aromatic N) is 1. The summed E-state index contributed by atoms with van der Waals surface area (Å²) in [6, 6.07) is 5.56. The first kappa shape index (κ1) is 12.5. The molecule has 1 fully saturated rings. The van der Waals surface area contributed by atoms with Crippen molar-refractivity contribution in [3.63, 3.8) is 0 Å². The van der Waals surface area contributed by atoms with Gasteiger partial charge in [0.25, 0.3) is 0 Å². The van der Waals surface area contributed by atoms with Gasteiger partial charge in [-0.1, -0.05) is 18.9 Å². The third-order valence-electron chi connectivity index (χ3n) is 4.36. The van der Waals surface area contributed by atoms with E-state index in [0.717, 1.165) is 29.4 Å². The van der Waals surface area contributed by atoms with Crippen molar-refractivity contribution in [1.82, 2.24) is 0 Å². The molecule has 1 heterocycles. The molecule has 1 aliphatic heterocycles. The summed E-state index contributed by atoms with van der Waals surface area (Å²) in [4.78, 5) is 13.8. The standard InChI is InChI=1S/C15H21N3O/c1-18(9-10-4-2-3-5-10)11-6-7-12-13(8-11)17-15(19)14(12)16/h6-8,10,14H,2-5,9,16H2,1H3,(H,17,19). The van der Waals surface area contributed by atoms with Gasteiger partial charge in [-0.25, -0.2) is 0 Å². The van der Waals surface area contributed by atoms with Crippen molar-refractivity contribution in [2.75, 3.05) is 23.8 Å². The van der Waals surface area contributed by atoms with Gasteiger partial charge in [0, 0.05) is 30.5 Å². The van der Waals surface area contributed by atoms with Gasteiger partial charge in [0.1, 0.15) is 6.04 Å². The predicted octanol–water partition coefficient (Wildman–Crippen LogP) is 2.26. The number of nitrogens with one attached hydrogen (secondary N) is 1. The summed E-state index contributed by atoms with van der Waals surface area (Å²) >= 11 is 0. The Balaban J connectivity index is 1.75. The molecule has 3 N–H and O–H groups in total. The Hall–Kier alpha value is -1.55. The average molecular weight is 259 g/mol. The third kappa shape index (κ3) is 2.32. The van der Waals surface area contributed by atoms with Gasteiger partial charge >= 0.3 is 0 Å². The highest BCUT2D eigenvalue weighted by atomic mass is 16.2. The molecule has 1 atom stereocenters. The topological polar surface area (TPSA) is 58.4 Å². The zero-order valence-electron chi connectivity index (χ0n) is 11.4. The first-order valence-corrected chi connectivity index (χ1v) is 7.06. The van der Waals surface area contributed by atoms with E-state index in [1.807, 2.05) is 12.1 Å². The molecule has 3 rings (SSSR count). The summed E-state index contributed by atoms with van der Waals surface area (Å²) in [6.07, 6.45) is 5.43. The zero-order valence-corrected chi connectivity index (χ0v) is 11.4. The molecule has 0 radical (unpaired) electrons. The molecule has 0 aromatic heterocycles. The zero-order chi connectivity index (χ0) is 13.4. The van der Waals surface area contributed by atoms with E-state index in [2.05, 4.69) is 23.3 Å². The van der Waals surface area contributed by atoms with Crippen LogP contribution in [0.25, 0.3) is 0 Å². The molecule has 2 aliphatic rings. The fourth-order valence-electron chi connectivity index (χ4n) is 3.20. The van der Waals surface area contributed by atoms with Crippen molar-refractivity contribution in [2.24, 2.45) is 11.7 Å². The van der Waals surface area contributed by atoms with Gasteiger partial charge in [-0.3, -0.25) is 4.79 Å². The molecule has 19 heavy (non-hydrogen) atoms. The minimum absolute atomic E-state index is 0.106. The maximum atomic E-state index is 11.5. The molecular formula is C15H21N3O. The smallest absolute Gasteiger partial charge is 0.245 e. The van der Waals surface area contributed by atoms with E-state index >= 15 is 0 Å². The minimum Gasteiger partial charge on any atom is -0.374 e. The van der Waals surface area contributed by atoms with Crippen molar-refractivity contribution in [3.8, 4) is 0 Å². The van der Waals surface area contributed by atoms with Crippen LogP contribution in [0.5, 0.6) is 0 Å². The van der Waals surface area contributed by atoms with Gasteiger partial charge in [-0.2, -0.15) is 0 Å². The minimum atomic E-state index is -0.510. The van der Waals surface area contributed by atoms with Crippen LogP contribution in [0, 0.1) is 5.92 Å². The number of fused-ring (bicyclic) bond motifs is 1. The van der Waals surface area contributed by atoms with Crippen LogP contribution in [0.3, 0.4) is 0 Å². The van der Waals surface area contributed by atoms with Gasteiger partial charge in [0.15, 0.2) is 0 Å². The number of benzene rings is 1. The van der Waals surface area contributed by atoms with E-state index in [4.69, 9.17) is 5.73 Å². The molecule has 1 aromatic rings. The van der Waals surface area contributed by atoms with Crippen LogP contribution in [0.1, 0.15) is 37.3 Å². The lowest BCUT2D eigenvalue weighted by molar-refractivity contribution is -0.116. The lowest BCUT2D eigenvalue weighted by atomic mass is 10.1. The molecule has 1 aliphatic carbocycles. The molecule has 4 heteroatoms. The van der Waals surface area contributed by atoms with E-state index in [9.17, 15) is 4.79 Å². The normalized spacial score (nSPS) is 22.4. The van der Waals surface area contributed by atoms with Gasteiger partial charge in [0.2, 0.25) is 5.91 Å². The highest BCUT2D eigenvalue weighted by Gasteiger charge is 2.27. The first-order chi connectivity index (χ1) is 9.15. The Kier molecular flexibility index (Phi) is 3.19. The molecule has 1 amide bonds. The lowest BCUT2D eigenvalue weighted by Gasteiger charge is -2.23. The highest BCUT2D eigenvalue weighted by Crippen LogP contribution is 2.33. The first-order valence-electron chi connectivity index (χ1n) is 7.06. The largest absolute Gasteiger partial charge is 0.374 e. The summed E-state index contributed by atoms with van der Waals surface area (Å²) in [5.41, 5.74) is 8.75. The van der Waals surface area contributed by atoms with E-state index in [1.54, 1.807) is 0 Å². The Labute approximate surface area is 114 Å². The fourth-order valence-corrected chi connectivity index (χ4v) is 3.20. The molecule has 102 valence electrons. The van der Waals surface area contributed by atoms with Crippen LogP contribution in [-0.2, 0) is 4.79 Å². The number of hydrogen-bond donors (Lipinski definition) is 2. The van der Waals surface area contributed by atoms with Crippen molar-refractivity contribution >= 4 is 17.3 Å². The van der Waals surface area contributed by atoms with Crippen molar-refractivity contribution < 1.29 is 4.79 Å². The molecule has 1 aromatic carbocycles. The maximum Gasteiger partial charge on any atom is 0.245 e. The second-order valence-electron chi connectivity index (χ2n) is 5.77. The van der Waals surface area contributed by atoms with Gasteiger partial charge in [-0.05, 0) is 30.9 Å². The van der Waals surface area contributed by atoms with Crippen molar-refractivity contribution in [1.29, 1.82) is 0 Å². The Morgan fingerprint density at radius 3 is 2.84 bits per heavy atom. The van der Waals surface area contributed by atoms with Crippen molar-refractivity contribution in [3.05, 3.63) is 23.8 Å². The third-order valence-corrected chi connectivity index (χ3v) is 4.36. The fraction of sp³-hybridized carbons (Fsp3) is 0.533. The average Bonchev–Trinajstić information content (AvgIpc) is 2.99. The second kappa shape index (κ2) is 4.85. The number of carbonyl (C=O) groups excluding carboxylic acids is 1. The van der Waals surface area contributed by atoms with Crippen LogP contribution >= 0.6 is 0 Å². The summed E-state index contributed by atoms with van der Waals surface area (Å²) in [5.74, 6) is 0.709. The molecule has 0 spiro atoms. The predicted molar refractivity (Wildman–Crippen MR) is 77.2 cm³/mol. The number of nitrogens with two attached hydrogens (primary N) is 1. The van der Waals surface area contributed by atoms with E-state index in [1.165, 1.54) is 25.7 Å². The molecule has 1 saturated carbocycles. The molecule has 1 unspecified atom stereocenters. The Morgan fingerprint density at radius 2 is 2.11 bits per heavy atom. The summed E-state index contributed by atoms with van der Waals surface area (Å²) in [7, 11) is 2.12. The van der Waals surface area contributed by atoms with Gasteiger partial charge in [-0.15, -0.1) is 0 Å². The summed E-state index contributed by atoms with van der Waals surface area (Å²) in [5, 5.41) is 2.85. The Bertz CT molecular complexity index is 494. The second-order valence-corrected chi connectivity index (χ2v) is 5.77. The monoisotopic (exact) mass is 259 g/mol. The van der Waals surface area contributed by atoms with Crippen molar-refractivity contribution in [2.45, 2.75) is 31.7 Å². The van der Waals surface area contributed by atoms with Gasteiger partial charge in [0.05, 0.1) is 0 Å². The molecular weight excluding hydrogens is 238 g/mol. The van der Waals surface area contributed by atoms with Crippen LogP contribution in [0.15, 0.2) is 18.2 Å². The van der Waals surface area contributed by atoms with Gasteiger partial charge < -0.3 is 16.0 Å². The van der Waals surface area contributed by atoms with Crippen LogP contribution in [0.4, 0.5) is 11.4 Å². The number of hydrogen-bond acceptors (Lipinski definition) is 3. The number of anilines is 2. The molecule has 0 saturated heterocycles. The summed E-state index contributed by atoms with van der Waals surface area (Å²) in [6.45, 7) is 1.10. The SMILES string of the molecule is CN(CC1CCCC1)c1ccc2c(c1)NC(=O)C2N. The number of amides is 1. The maximum absolute atomic E-state index is 11.5. The quantitative estimate of drug-likeness (QED) is 0.875. The highest BCUT2D eigenvalue weighted by molar-refractivity contribution is 6.02. The van der Waals surface area contributed by atoms with E-state index < -0.39 is 6.04 Å². The lowest BCUT2D eigenvalue weighted by Crippen LogP contribution is -2.23. The van der Waals surface area contributed by atoms with E-state index in [-0.39, 0.29) is 5.91 Å².